The fourth-order valence-electron chi connectivity index (χ4n) is 2.30. The number of carbonyl (C=O) groups excluding carboxylic acids is 1. The number of nitrogens with one attached hydrogen (secondary N) is 1. The fourth-order valence-corrected chi connectivity index (χ4v) is 2.42. The molecule has 4 heteroatoms. The molecule has 2 rings (SSSR count). The number of amides is 1. The van der Waals surface area contributed by atoms with E-state index in [1.165, 1.54) is 0 Å². The largest absolute Gasteiger partial charge is 0.348 e. The molecule has 1 amide bonds. The number of halogens is 1. The molecule has 0 aliphatic heterocycles. The lowest BCUT2D eigenvalue weighted by molar-refractivity contribution is -0.127. The van der Waals surface area contributed by atoms with Gasteiger partial charge < -0.3 is 11.1 Å². The minimum Gasteiger partial charge on any atom is -0.348 e. The highest BCUT2D eigenvalue weighted by Gasteiger charge is 2.44. The first-order valence-electron chi connectivity index (χ1n) is 6.80. The Morgan fingerprint density at radius 2 is 2.05 bits per heavy atom. The van der Waals surface area contributed by atoms with Crippen LogP contribution < -0.4 is 11.1 Å². The van der Waals surface area contributed by atoms with E-state index in [1.54, 1.807) is 0 Å². The summed E-state index contributed by atoms with van der Waals surface area (Å²) in [5.41, 5.74) is 6.45. The van der Waals surface area contributed by atoms with Gasteiger partial charge in [-0.05, 0) is 49.8 Å². The van der Waals surface area contributed by atoms with Gasteiger partial charge in [0.15, 0.2) is 0 Å². The summed E-state index contributed by atoms with van der Waals surface area (Å²) in [5.74, 6) is 0.270. The zero-order valence-electron chi connectivity index (χ0n) is 11.4. The summed E-state index contributed by atoms with van der Waals surface area (Å²) in [6.45, 7) is 3.87. The quantitative estimate of drug-likeness (QED) is 0.871. The SMILES string of the molecule is CCC(NC(=O)C(C)(N)C1CC1)c1ccc(Cl)cc1. The molecule has 3 nitrogen and oxygen atoms in total. The minimum atomic E-state index is -0.750. The summed E-state index contributed by atoms with van der Waals surface area (Å²) in [4.78, 5) is 12.3. The molecule has 1 aliphatic rings. The van der Waals surface area contributed by atoms with E-state index in [9.17, 15) is 4.79 Å². The molecule has 1 aliphatic carbocycles. The standard InChI is InChI=1S/C15H21ClN2O/c1-3-13(10-4-8-12(16)9-5-10)18-14(19)15(2,17)11-6-7-11/h4-5,8-9,11,13H,3,6-7,17H2,1-2H3,(H,18,19). The predicted molar refractivity (Wildman–Crippen MR) is 77.9 cm³/mol. The molecule has 0 aromatic heterocycles. The number of nitrogens with two attached hydrogens (primary N) is 1. The van der Waals surface area contributed by atoms with Gasteiger partial charge in [0.2, 0.25) is 5.91 Å². The van der Waals surface area contributed by atoms with E-state index in [-0.39, 0.29) is 11.9 Å². The van der Waals surface area contributed by atoms with Crippen LogP contribution >= 0.6 is 11.6 Å². The predicted octanol–water partition coefficient (Wildman–Crippen LogP) is 3.03. The van der Waals surface area contributed by atoms with Crippen molar-refractivity contribution < 1.29 is 4.79 Å². The first kappa shape index (κ1) is 14.4. The van der Waals surface area contributed by atoms with E-state index in [2.05, 4.69) is 5.32 Å². The van der Waals surface area contributed by atoms with Crippen LogP contribution in [0, 0.1) is 5.92 Å². The molecule has 1 saturated carbocycles. The highest BCUT2D eigenvalue weighted by atomic mass is 35.5. The maximum Gasteiger partial charge on any atom is 0.240 e. The van der Waals surface area contributed by atoms with E-state index in [4.69, 9.17) is 17.3 Å². The topological polar surface area (TPSA) is 55.1 Å². The van der Waals surface area contributed by atoms with E-state index < -0.39 is 5.54 Å². The fraction of sp³-hybridized carbons (Fsp3) is 0.533. The highest BCUT2D eigenvalue weighted by molar-refractivity contribution is 6.30. The first-order chi connectivity index (χ1) is 8.95. The Balaban J connectivity index is 2.06. The Hall–Kier alpha value is -1.06. The summed E-state index contributed by atoms with van der Waals surface area (Å²) in [7, 11) is 0. The highest BCUT2D eigenvalue weighted by Crippen LogP contribution is 2.38. The van der Waals surface area contributed by atoms with Gasteiger partial charge in [-0.1, -0.05) is 30.7 Å². The first-order valence-corrected chi connectivity index (χ1v) is 7.18. The number of hydrogen-bond acceptors (Lipinski definition) is 2. The van der Waals surface area contributed by atoms with E-state index in [0.717, 1.165) is 24.8 Å². The van der Waals surface area contributed by atoms with Gasteiger partial charge in [0.25, 0.3) is 0 Å². The third kappa shape index (κ3) is 3.28. The van der Waals surface area contributed by atoms with Gasteiger partial charge in [0.1, 0.15) is 0 Å². The molecule has 1 aromatic rings. The summed E-state index contributed by atoms with van der Waals surface area (Å²) in [6.07, 6.45) is 2.93. The Morgan fingerprint density at radius 3 is 2.53 bits per heavy atom. The molecular weight excluding hydrogens is 260 g/mol. The van der Waals surface area contributed by atoms with Crippen LogP contribution in [0.1, 0.15) is 44.7 Å². The lowest BCUT2D eigenvalue weighted by atomic mass is 9.94. The third-order valence-electron chi connectivity index (χ3n) is 3.90. The van der Waals surface area contributed by atoms with Crippen LogP contribution in [0.25, 0.3) is 0 Å². The third-order valence-corrected chi connectivity index (χ3v) is 4.15. The van der Waals surface area contributed by atoms with Gasteiger partial charge in [-0.3, -0.25) is 4.79 Å². The van der Waals surface area contributed by atoms with Crippen molar-refractivity contribution >= 4 is 17.5 Å². The Morgan fingerprint density at radius 1 is 1.47 bits per heavy atom. The lowest BCUT2D eigenvalue weighted by Crippen LogP contribution is -2.54. The van der Waals surface area contributed by atoms with Crippen LogP contribution in [0.15, 0.2) is 24.3 Å². The Bertz CT molecular complexity index is 452. The van der Waals surface area contributed by atoms with Crippen molar-refractivity contribution in [2.24, 2.45) is 11.7 Å². The van der Waals surface area contributed by atoms with Crippen molar-refractivity contribution in [2.45, 2.75) is 44.7 Å². The summed E-state index contributed by atoms with van der Waals surface area (Å²) < 4.78 is 0. The van der Waals surface area contributed by atoms with Gasteiger partial charge in [-0.15, -0.1) is 0 Å². The van der Waals surface area contributed by atoms with Gasteiger partial charge >= 0.3 is 0 Å². The van der Waals surface area contributed by atoms with Gasteiger partial charge in [0.05, 0.1) is 11.6 Å². The molecule has 0 radical (unpaired) electrons. The van der Waals surface area contributed by atoms with Crippen LogP contribution in [0.3, 0.4) is 0 Å². The molecule has 2 unspecified atom stereocenters. The molecule has 1 aromatic carbocycles. The van der Waals surface area contributed by atoms with Crippen molar-refractivity contribution in [2.75, 3.05) is 0 Å². The lowest BCUT2D eigenvalue weighted by Gasteiger charge is -2.27. The average Bonchev–Trinajstić information content (AvgIpc) is 3.21. The molecule has 0 spiro atoms. The summed E-state index contributed by atoms with van der Waals surface area (Å²) in [5, 5.41) is 3.76. The second-order valence-electron chi connectivity index (χ2n) is 5.54. The molecule has 0 heterocycles. The molecule has 0 bridgehead atoms. The van der Waals surface area contributed by atoms with E-state index >= 15 is 0 Å². The minimum absolute atomic E-state index is 0.00797. The second kappa shape index (κ2) is 5.51. The van der Waals surface area contributed by atoms with Crippen molar-refractivity contribution in [3.63, 3.8) is 0 Å². The molecular formula is C15H21ClN2O. The molecule has 0 saturated heterocycles. The molecule has 2 atom stereocenters. The van der Waals surface area contributed by atoms with Crippen molar-refractivity contribution in [1.29, 1.82) is 0 Å². The molecule has 104 valence electrons. The van der Waals surface area contributed by atoms with Crippen LogP contribution in [-0.4, -0.2) is 11.4 Å². The number of benzene rings is 1. The average molecular weight is 281 g/mol. The number of rotatable bonds is 5. The maximum atomic E-state index is 12.3. The van der Waals surface area contributed by atoms with Crippen molar-refractivity contribution in [3.05, 3.63) is 34.9 Å². The van der Waals surface area contributed by atoms with E-state index in [1.807, 2.05) is 38.1 Å². The van der Waals surface area contributed by atoms with Crippen LogP contribution in [-0.2, 0) is 4.79 Å². The van der Waals surface area contributed by atoms with Gasteiger partial charge in [-0.25, -0.2) is 0 Å². The molecule has 19 heavy (non-hydrogen) atoms. The van der Waals surface area contributed by atoms with Crippen molar-refractivity contribution in [1.82, 2.24) is 5.32 Å². The maximum absolute atomic E-state index is 12.3. The number of hydrogen-bond donors (Lipinski definition) is 2. The summed E-state index contributed by atoms with van der Waals surface area (Å²) in [6, 6.07) is 7.57. The van der Waals surface area contributed by atoms with Crippen LogP contribution in [0.5, 0.6) is 0 Å². The molecule has 3 N–H and O–H groups in total. The van der Waals surface area contributed by atoms with Gasteiger partial charge in [0, 0.05) is 5.02 Å². The van der Waals surface area contributed by atoms with Crippen LogP contribution in [0.2, 0.25) is 5.02 Å². The monoisotopic (exact) mass is 280 g/mol. The van der Waals surface area contributed by atoms with Crippen molar-refractivity contribution in [3.8, 4) is 0 Å². The normalized spacial score (nSPS) is 19.6. The van der Waals surface area contributed by atoms with Crippen LogP contribution in [0.4, 0.5) is 0 Å². The van der Waals surface area contributed by atoms with E-state index in [0.29, 0.717) is 10.9 Å². The second-order valence-corrected chi connectivity index (χ2v) is 5.98. The number of carbonyl (C=O) groups is 1. The summed E-state index contributed by atoms with van der Waals surface area (Å²) >= 11 is 5.88. The van der Waals surface area contributed by atoms with Gasteiger partial charge in [-0.2, -0.15) is 0 Å². The smallest absolute Gasteiger partial charge is 0.240 e. The molecule has 1 fully saturated rings. The zero-order chi connectivity index (χ0) is 14.0. The Kier molecular flexibility index (Phi) is 4.16. The zero-order valence-corrected chi connectivity index (χ0v) is 12.2. The Labute approximate surface area is 119 Å².